The van der Waals surface area contributed by atoms with Crippen molar-refractivity contribution < 1.29 is 0 Å². The highest BCUT2D eigenvalue weighted by molar-refractivity contribution is 7.25. The van der Waals surface area contributed by atoms with E-state index in [1.54, 1.807) is 11.3 Å². The molecule has 3 rings (SSSR count). The Kier molecular flexibility index (Phi) is 1.76. The van der Waals surface area contributed by atoms with E-state index < -0.39 is 0 Å². The number of hydrogen-bond donors (Lipinski definition) is 0. The molecule has 0 amide bonds. The molecular weight excluding hydrogens is 204 g/mol. The van der Waals surface area contributed by atoms with Gasteiger partial charge in [-0.05, 0) is 31.5 Å². The Morgan fingerprint density at radius 2 is 1.87 bits per heavy atom. The van der Waals surface area contributed by atoms with Gasteiger partial charge in [-0.1, -0.05) is 0 Å². The van der Waals surface area contributed by atoms with E-state index in [-0.39, 0.29) is 0 Å². The van der Waals surface area contributed by atoms with Gasteiger partial charge in [-0.2, -0.15) is 0 Å². The summed E-state index contributed by atoms with van der Waals surface area (Å²) in [6.07, 6.45) is 3.85. The Bertz CT molecular complexity index is 599. The number of hydrogen-bond acceptors (Lipinski definition) is 3. The molecule has 3 aromatic rings. The van der Waals surface area contributed by atoms with Crippen molar-refractivity contribution in [2.75, 3.05) is 0 Å². The lowest BCUT2D eigenvalue weighted by Crippen LogP contribution is -1.78. The van der Waals surface area contributed by atoms with Gasteiger partial charge in [-0.3, -0.25) is 4.98 Å². The number of aryl methyl sites for hydroxylation is 2. The van der Waals surface area contributed by atoms with E-state index in [0.29, 0.717) is 0 Å². The second-order valence-electron chi connectivity index (χ2n) is 3.79. The van der Waals surface area contributed by atoms with Crippen molar-refractivity contribution in [2.24, 2.45) is 0 Å². The van der Waals surface area contributed by atoms with Gasteiger partial charge in [0.25, 0.3) is 0 Å². The maximum Gasteiger partial charge on any atom is 0.124 e. The minimum absolute atomic E-state index is 1.06. The average Bonchev–Trinajstić information content (AvgIpc) is 2.56. The van der Waals surface area contributed by atoms with Gasteiger partial charge in [0.2, 0.25) is 0 Å². The third kappa shape index (κ3) is 1.31. The molecule has 3 heterocycles. The number of aromatic nitrogens is 2. The lowest BCUT2D eigenvalue weighted by Gasteiger charge is -1.94. The van der Waals surface area contributed by atoms with Crippen LogP contribution in [0, 0.1) is 13.8 Å². The molecule has 0 fully saturated rings. The van der Waals surface area contributed by atoms with Gasteiger partial charge in [-0.25, -0.2) is 4.98 Å². The Hall–Kier alpha value is -1.48. The molecule has 0 aromatic carbocycles. The summed E-state index contributed by atoms with van der Waals surface area (Å²) in [5.41, 5.74) is 2.26. The second kappa shape index (κ2) is 3.00. The monoisotopic (exact) mass is 214 g/mol. The van der Waals surface area contributed by atoms with Crippen LogP contribution >= 0.6 is 11.3 Å². The van der Waals surface area contributed by atoms with E-state index in [1.165, 1.54) is 21.0 Å². The molecule has 0 aliphatic rings. The minimum Gasteiger partial charge on any atom is -0.260 e. The van der Waals surface area contributed by atoms with Crippen molar-refractivity contribution in [3.63, 3.8) is 0 Å². The molecule has 0 saturated carbocycles. The Labute approximate surface area is 91.6 Å². The fourth-order valence-electron chi connectivity index (χ4n) is 1.77. The zero-order valence-corrected chi connectivity index (χ0v) is 9.43. The first kappa shape index (κ1) is 8.80. The topological polar surface area (TPSA) is 25.8 Å². The molecule has 0 aliphatic heterocycles. The van der Waals surface area contributed by atoms with Crippen molar-refractivity contribution >= 4 is 31.6 Å². The second-order valence-corrected chi connectivity index (χ2v) is 4.82. The quantitative estimate of drug-likeness (QED) is 0.572. The highest BCUT2D eigenvalue weighted by atomic mass is 32.1. The molecule has 0 unspecified atom stereocenters. The van der Waals surface area contributed by atoms with E-state index >= 15 is 0 Å². The smallest absolute Gasteiger partial charge is 0.124 e. The Balaban J connectivity index is 2.55. The van der Waals surface area contributed by atoms with Crippen LogP contribution in [0.25, 0.3) is 20.3 Å². The molecule has 3 aromatic heterocycles. The predicted octanol–water partition coefficient (Wildman–Crippen LogP) is 3.46. The van der Waals surface area contributed by atoms with Gasteiger partial charge in [0.1, 0.15) is 4.83 Å². The van der Waals surface area contributed by atoms with Gasteiger partial charge >= 0.3 is 0 Å². The maximum atomic E-state index is 4.44. The van der Waals surface area contributed by atoms with Crippen LogP contribution in [0.4, 0.5) is 0 Å². The molecule has 0 bridgehead atoms. The molecule has 0 spiro atoms. The summed E-state index contributed by atoms with van der Waals surface area (Å²) in [5.74, 6) is 0. The highest BCUT2D eigenvalue weighted by Crippen LogP contribution is 2.32. The number of rotatable bonds is 0. The zero-order chi connectivity index (χ0) is 10.4. The first-order valence-corrected chi connectivity index (χ1v) is 5.67. The maximum absolute atomic E-state index is 4.44. The first-order valence-electron chi connectivity index (χ1n) is 4.85. The highest BCUT2D eigenvalue weighted by Gasteiger charge is 2.06. The normalized spacial score (nSPS) is 11.3. The van der Waals surface area contributed by atoms with E-state index in [2.05, 4.69) is 29.0 Å². The minimum atomic E-state index is 1.06. The average molecular weight is 214 g/mol. The van der Waals surface area contributed by atoms with Crippen LogP contribution < -0.4 is 0 Å². The summed E-state index contributed by atoms with van der Waals surface area (Å²) >= 11 is 1.71. The fourth-order valence-corrected chi connectivity index (χ4v) is 2.75. The van der Waals surface area contributed by atoms with Crippen molar-refractivity contribution in [1.29, 1.82) is 0 Å². The van der Waals surface area contributed by atoms with Crippen LogP contribution in [0.15, 0.2) is 24.5 Å². The van der Waals surface area contributed by atoms with E-state index in [9.17, 15) is 0 Å². The van der Waals surface area contributed by atoms with Crippen molar-refractivity contribution in [2.45, 2.75) is 13.8 Å². The van der Waals surface area contributed by atoms with Gasteiger partial charge < -0.3 is 0 Å². The molecular formula is C12H10N2S. The van der Waals surface area contributed by atoms with E-state index in [0.717, 1.165) is 10.5 Å². The predicted molar refractivity (Wildman–Crippen MR) is 64.4 cm³/mol. The van der Waals surface area contributed by atoms with Crippen LogP contribution in [0.3, 0.4) is 0 Å². The number of nitrogens with zero attached hydrogens (tertiary/aromatic N) is 2. The number of pyridine rings is 2. The number of thiophene rings is 1. The largest absolute Gasteiger partial charge is 0.260 e. The fraction of sp³-hybridized carbons (Fsp3) is 0.167. The molecule has 0 N–H and O–H groups in total. The van der Waals surface area contributed by atoms with Crippen LogP contribution in [0.1, 0.15) is 11.3 Å². The molecule has 0 atom stereocenters. The third-order valence-electron chi connectivity index (χ3n) is 2.49. The Morgan fingerprint density at radius 3 is 2.73 bits per heavy atom. The molecule has 2 nitrogen and oxygen atoms in total. The van der Waals surface area contributed by atoms with Gasteiger partial charge in [0.05, 0.1) is 4.70 Å². The summed E-state index contributed by atoms with van der Waals surface area (Å²) in [5, 5.41) is 2.53. The molecule has 0 saturated heterocycles. The Morgan fingerprint density at radius 1 is 1.00 bits per heavy atom. The van der Waals surface area contributed by atoms with Crippen LogP contribution in [0.5, 0.6) is 0 Å². The lowest BCUT2D eigenvalue weighted by molar-refractivity contribution is 1.23. The van der Waals surface area contributed by atoms with Crippen molar-refractivity contribution in [3.8, 4) is 0 Å². The van der Waals surface area contributed by atoms with Gasteiger partial charge in [0.15, 0.2) is 0 Å². The van der Waals surface area contributed by atoms with Crippen molar-refractivity contribution in [1.82, 2.24) is 9.97 Å². The third-order valence-corrected chi connectivity index (χ3v) is 3.55. The van der Waals surface area contributed by atoms with Gasteiger partial charge in [0, 0.05) is 28.9 Å². The molecule has 74 valence electrons. The molecule has 0 radical (unpaired) electrons. The number of fused-ring (bicyclic) bond motifs is 3. The van der Waals surface area contributed by atoms with Gasteiger partial charge in [-0.15, -0.1) is 11.3 Å². The summed E-state index contributed by atoms with van der Waals surface area (Å²) < 4.78 is 1.22. The van der Waals surface area contributed by atoms with E-state index in [4.69, 9.17) is 0 Å². The summed E-state index contributed by atoms with van der Waals surface area (Å²) in [4.78, 5) is 9.85. The summed E-state index contributed by atoms with van der Waals surface area (Å²) in [6.45, 7) is 4.09. The summed E-state index contributed by atoms with van der Waals surface area (Å²) in [7, 11) is 0. The molecule has 15 heavy (non-hydrogen) atoms. The molecule has 0 aliphatic carbocycles. The molecule has 3 heteroatoms. The van der Waals surface area contributed by atoms with Crippen LogP contribution in [-0.2, 0) is 0 Å². The first-order chi connectivity index (χ1) is 7.24. The van der Waals surface area contributed by atoms with E-state index in [1.807, 2.05) is 19.3 Å². The van der Waals surface area contributed by atoms with Crippen LogP contribution in [-0.4, -0.2) is 9.97 Å². The summed E-state index contributed by atoms with van der Waals surface area (Å²) in [6, 6.07) is 4.33. The standard InChI is InChI=1S/C12H10N2S/c1-7-3-10-9-4-8(2)13-6-11(9)15-12(10)14-5-7/h3-6H,1-2H3. The van der Waals surface area contributed by atoms with Crippen LogP contribution in [0.2, 0.25) is 0 Å². The SMILES string of the molecule is Cc1cnc2sc3cnc(C)cc3c2c1. The van der Waals surface area contributed by atoms with Crippen molar-refractivity contribution in [3.05, 3.63) is 35.8 Å². The lowest BCUT2D eigenvalue weighted by atomic mass is 10.2. The zero-order valence-electron chi connectivity index (χ0n) is 8.61.